The summed E-state index contributed by atoms with van der Waals surface area (Å²) >= 11 is 0. The van der Waals surface area contributed by atoms with E-state index in [1.807, 2.05) is 0 Å². The van der Waals surface area contributed by atoms with Gasteiger partial charge in [0.1, 0.15) is 0 Å². The van der Waals surface area contributed by atoms with Gasteiger partial charge in [-0.05, 0) is 36.3 Å². The van der Waals surface area contributed by atoms with Crippen molar-refractivity contribution in [3.8, 4) is 0 Å². The van der Waals surface area contributed by atoms with Crippen LogP contribution in [0.4, 0.5) is 0 Å². The van der Waals surface area contributed by atoms with Crippen molar-refractivity contribution in [1.29, 1.82) is 0 Å². The quantitative estimate of drug-likeness (QED) is 0.818. The SMILES string of the molecule is CCc1ccc(C2CCCCCC2C(=O)O)cc1. The number of hydrogen-bond acceptors (Lipinski definition) is 1. The molecule has 2 atom stereocenters. The number of aryl methyl sites for hydroxylation is 1. The molecule has 98 valence electrons. The van der Waals surface area contributed by atoms with Crippen LogP contribution in [0.5, 0.6) is 0 Å². The molecule has 2 unspecified atom stereocenters. The molecule has 1 aliphatic rings. The standard InChI is InChI=1S/C16H22O2/c1-2-12-8-10-13(11-9-12)14-6-4-3-5-7-15(14)16(17)18/h8-11,14-15H,2-7H2,1H3,(H,17,18). The number of carboxylic acids is 1. The highest BCUT2D eigenvalue weighted by Crippen LogP contribution is 2.36. The number of rotatable bonds is 3. The molecule has 0 aliphatic heterocycles. The van der Waals surface area contributed by atoms with Gasteiger partial charge in [-0.25, -0.2) is 0 Å². The molecule has 1 N–H and O–H groups in total. The molecule has 1 saturated carbocycles. The van der Waals surface area contributed by atoms with Crippen molar-refractivity contribution in [2.24, 2.45) is 5.92 Å². The van der Waals surface area contributed by atoms with E-state index in [1.165, 1.54) is 17.5 Å². The lowest BCUT2D eigenvalue weighted by Gasteiger charge is -2.22. The molecule has 1 aromatic carbocycles. The van der Waals surface area contributed by atoms with E-state index in [9.17, 15) is 9.90 Å². The lowest BCUT2D eigenvalue weighted by molar-refractivity contribution is -0.142. The van der Waals surface area contributed by atoms with Crippen LogP contribution < -0.4 is 0 Å². The maximum Gasteiger partial charge on any atom is 0.307 e. The summed E-state index contributed by atoms with van der Waals surface area (Å²) < 4.78 is 0. The Morgan fingerprint density at radius 3 is 2.44 bits per heavy atom. The minimum absolute atomic E-state index is 0.194. The molecular weight excluding hydrogens is 224 g/mol. The van der Waals surface area contributed by atoms with Crippen molar-refractivity contribution in [2.45, 2.75) is 51.4 Å². The summed E-state index contributed by atoms with van der Waals surface area (Å²) in [4.78, 5) is 11.4. The van der Waals surface area contributed by atoms with Crippen molar-refractivity contribution in [3.05, 3.63) is 35.4 Å². The minimum atomic E-state index is -0.624. The van der Waals surface area contributed by atoms with Crippen LogP contribution in [0.1, 0.15) is 56.1 Å². The van der Waals surface area contributed by atoms with E-state index >= 15 is 0 Å². The Balaban J connectivity index is 2.23. The van der Waals surface area contributed by atoms with Crippen LogP contribution in [0.3, 0.4) is 0 Å². The van der Waals surface area contributed by atoms with Crippen LogP contribution in [0.2, 0.25) is 0 Å². The number of hydrogen-bond donors (Lipinski definition) is 1. The third kappa shape index (κ3) is 2.92. The van der Waals surface area contributed by atoms with Gasteiger partial charge in [-0.2, -0.15) is 0 Å². The average Bonchev–Trinajstić information content (AvgIpc) is 2.64. The molecule has 0 heterocycles. The van der Waals surface area contributed by atoms with E-state index in [0.717, 1.165) is 32.1 Å². The first-order valence-corrected chi connectivity index (χ1v) is 7.04. The summed E-state index contributed by atoms with van der Waals surface area (Å²) in [5.74, 6) is -0.614. The van der Waals surface area contributed by atoms with Crippen LogP contribution >= 0.6 is 0 Å². The van der Waals surface area contributed by atoms with Gasteiger partial charge in [-0.15, -0.1) is 0 Å². The summed E-state index contributed by atoms with van der Waals surface area (Å²) in [5, 5.41) is 9.40. The molecule has 0 amide bonds. The van der Waals surface area contributed by atoms with Crippen molar-refractivity contribution < 1.29 is 9.90 Å². The third-order valence-corrected chi connectivity index (χ3v) is 4.15. The molecule has 2 nitrogen and oxygen atoms in total. The fraction of sp³-hybridized carbons (Fsp3) is 0.562. The van der Waals surface area contributed by atoms with Crippen LogP contribution in [0, 0.1) is 5.92 Å². The molecule has 1 aromatic rings. The highest BCUT2D eigenvalue weighted by molar-refractivity contribution is 5.71. The highest BCUT2D eigenvalue weighted by Gasteiger charge is 2.30. The Morgan fingerprint density at radius 2 is 1.83 bits per heavy atom. The minimum Gasteiger partial charge on any atom is -0.481 e. The van der Waals surface area contributed by atoms with E-state index < -0.39 is 5.97 Å². The van der Waals surface area contributed by atoms with Gasteiger partial charge in [0.2, 0.25) is 0 Å². The molecule has 0 aromatic heterocycles. The summed E-state index contributed by atoms with van der Waals surface area (Å²) in [7, 11) is 0. The fourth-order valence-corrected chi connectivity index (χ4v) is 3.00. The van der Waals surface area contributed by atoms with Gasteiger partial charge in [0, 0.05) is 0 Å². The van der Waals surface area contributed by atoms with Crippen LogP contribution in [0.15, 0.2) is 24.3 Å². The van der Waals surface area contributed by atoms with E-state index in [0.29, 0.717) is 0 Å². The third-order valence-electron chi connectivity index (χ3n) is 4.15. The van der Waals surface area contributed by atoms with Crippen molar-refractivity contribution >= 4 is 5.97 Å². The number of aliphatic carboxylic acids is 1. The predicted molar refractivity (Wildman–Crippen MR) is 72.8 cm³/mol. The Bertz CT molecular complexity index is 394. The van der Waals surface area contributed by atoms with Gasteiger partial charge in [0.15, 0.2) is 0 Å². The average molecular weight is 246 g/mol. The van der Waals surface area contributed by atoms with Crippen molar-refractivity contribution in [2.75, 3.05) is 0 Å². The number of carbonyl (C=O) groups is 1. The van der Waals surface area contributed by atoms with Gasteiger partial charge in [0.25, 0.3) is 0 Å². The summed E-state index contributed by atoms with van der Waals surface area (Å²) in [6.07, 6.45) is 6.27. The molecule has 0 spiro atoms. The van der Waals surface area contributed by atoms with E-state index in [1.54, 1.807) is 0 Å². The molecular formula is C16H22O2. The Hall–Kier alpha value is -1.31. The molecule has 2 rings (SSSR count). The van der Waals surface area contributed by atoms with Crippen molar-refractivity contribution in [1.82, 2.24) is 0 Å². The Morgan fingerprint density at radius 1 is 1.17 bits per heavy atom. The van der Waals surface area contributed by atoms with Crippen LogP contribution in [0.25, 0.3) is 0 Å². The summed E-state index contributed by atoms with van der Waals surface area (Å²) in [6, 6.07) is 8.54. The Kier molecular flexibility index (Phi) is 4.40. The first-order valence-electron chi connectivity index (χ1n) is 7.04. The van der Waals surface area contributed by atoms with Crippen LogP contribution in [-0.4, -0.2) is 11.1 Å². The molecule has 0 saturated heterocycles. The first kappa shape index (κ1) is 13.1. The highest BCUT2D eigenvalue weighted by atomic mass is 16.4. The Labute approximate surface area is 109 Å². The second kappa shape index (κ2) is 6.03. The van der Waals surface area contributed by atoms with Gasteiger partial charge < -0.3 is 5.11 Å². The zero-order chi connectivity index (χ0) is 13.0. The number of carboxylic acid groups (broad SMARTS) is 1. The largest absolute Gasteiger partial charge is 0.481 e. The van der Waals surface area contributed by atoms with Gasteiger partial charge >= 0.3 is 5.97 Å². The normalized spacial score (nSPS) is 24.5. The maximum atomic E-state index is 11.4. The smallest absolute Gasteiger partial charge is 0.307 e. The lowest BCUT2D eigenvalue weighted by atomic mass is 9.82. The van der Waals surface area contributed by atoms with Gasteiger partial charge in [-0.1, -0.05) is 50.5 Å². The molecule has 18 heavy (non-hydrogen) atoms. The summed E-state index contributed by atoms with van der Waals surface area (Å²) in [5.41, 5.74) is 2.53. The lowest BCUT2D eigenvalue weighted by Crippen LogP contribution is -2.21. The monoisotopic (exact) mass is 246 g/mol. The van der Waals surface area contributed by atoms with E-state index in [-0.39, 0.29) is 11.8 Å². The predicted octanol–water partition coefficient (Wildman–Crippen LogP) is 4.00. The topological polar surface area (TPSA) is 37.3 Å². The van der Waals surface area contributed by atoms with E-state index in [2.05, 4.69) is 31.2 Å². The summed E-state index contributed by atoms with van der Waals surface area (Å²) in [6.45, 7) is 2.14. The van der Waals surface area contributed by atoms with Gasteiger partial charge in [-0.3, -0.25) is 4.79 Å². The molecule has 1 fully saturated rings. The first-order chi connectivity index (χ1) is 8.72. The fourth-order valence-electron chi connectivity index (χ4n) is 3.00. The molecule has 0 radical (unpaired) electrons. The second-order valence-electron chi connectivity index (χ2n) is 5.28. The second-order valence-corrected chi connectivity index (χ2v) is 5.28. The van der Waals surface area contributed by atoms with Crippen molar-refractivity contribution in [3.63, 3.8) is 0 Å². The van der Waals surface area contributed by atoms with Gasteiger partial charge in [0.05, 0.1) is 5.92 Å². The molecule has 2 heteroatoms. The molecule has 1 aliphatic carbocycles. The zero-order valence-electron chi connectivity index (χ0n) is 11.1. The maximum absolute atomic E-state index is 11.4. The molecule has 0 bridgehead atoms. The number of benzene rings is 1. The van der Waals surface area contributed by atoms with E-state index in [4.69, 9.17) is 0 Å². The van der Waals surface area contributed by atoms with Crippen LogP contribution in [-0.2, 0) is 11.2 Å². The zero-order valence-corrected chi connectivity index (χ0v) is 11.1.